The first-order valence-corrected chi connectivity index (χ1v) is 12.7. The third kappa shape index (κ3) is 3.71. The average molecular weight is 468 g/mol. The Bertz CT molecular complexity index is 1340. The lowest BCUT2D eigenvalue weighted by Gasteiger charge is -2.20. The Labute approximate surface area is 193 Å². The van der Waals surface area contributed by atoms with Gasteiger partial charge in [-0.25, -0.2) is 22.8 Å². The molecule has 2 aliphatic rings. The van der Waals surface area contributed by atoms with Crippen molar-refractivity contribution in [3.05, 3.63) is 65.7 Å². The zero-order valence-electron chi connectivity index (χ0n) is 18.8. The first-order chi connectivity index (χ1) is 15.5. The Morgan fingerprint density at radius 1 is 1.12 bits per heavy atom. The maximum absolute atomic E-state index is 14.5. The molecule has 2 aromatic carbocycles. The summed E-state index contributed by atoms with van der Waals surface area (Å²) in [6.45, 7) is 5.63. The molecule has 172 valence electrons. The van der Waals surface area contributed by atoms with Gasteiger partial charge in [0.25, 0.3) is 0 Å². The number of fused-ring (bicyclic) bond motifs is 2. The Balaban J connectivity index is 1.52. The van der Waals surface area contributed by atoms with Crippen LogP contribution in [0.4, 0.5) is 16.0 Å². The molecule has 0 atom stereocenters. The highest BCUT2D eigenvalue weighted by Crippen LogP contribution is 2.58. The fraction of sp³-hybridized carbons (Fsp3) is 0.360. The molecule has 1 N–H and O–H groups in total. The topological polar surface area (TPSA) is 83.4 Å². The van der Waals surface area contributed by atoms with Crippen LogP contribution < -0.4 is 4.90 Å². The minimum atomic E-state index is -3.34. The molecular formula is C25H26FN3O3S. The normalized spacial score (nSPS) is 16.8. The molecule has 2 heterocycles. The molecule has 1 aromatic heterocycles. The molecule has 6 nitrogen and oxygen atoms in total. The standard InChI is InChI=1S/C25H26FN3O3S/c1-4-33(31,32)18-6-7-20-22(12-18)29(15-25(20)9-10-25)23-27-13-16(14-28-23)19-11-17(24(2,3)30)5-8-21(19)26/h5-8,11-14,30H,4,9-10,15H2,1-3H3. The fourth-order valence-electron chi connectivity index (χ4n) is 4.50. The van der Waals surface area contributed by atoms with Gasteiger partial charge in [-0.05, 0) is 62.1 Å². The van der Waals surface area contributed by atoms with Crippen molar-refractivity contribution in [2.45, 2.75) is 49.5 Å². The van der Waals surface area contributed by atoms with Crippen molar-refractivity contribution >= 4 is 21.5 Å². The van der Waals surface area contributed by atoms with Crippen molar-refractivity contribution in [2.24, 2.45) is 0 Å². The molecule has 1 aliphatic carbocycles. The van der Waals surface area contributed by atoms with Crippen LogP contribution >= 0.6 is 0 Å². The number of hydrogen-bond donors (Lipinski definition) is 1. The minimum Gasteiger partial charge on any atom is -0.386 e. The van der Waals surface area contributed by atoms with Crippen LogP contribution in [-0.4, -0.2) is 35.8 Å². The van der Waals surface area contributed by atoms with Crippen LogP contribution in [0.3, 0.4) is 0 Å². The summed E-state index contributed by atoms with van der Waals surface area (Å²) >= 11 is 0. The summed E-state index contributed by atoms with van der Waals surface area (Å²) in [7, 11) is -3.34. The molecule has 5 rings (SSSR count). The lowest BCUT2D eigenvalue weighted by atomic mass is 9.95. The van der Waals surface area contributed by atoms with Gasteiger partial charge >= 0.3 is 0 Å². The van der Waals surface area contributed by atoms with E-state index in [1.807, 2.05) is 11.0 Å². The number of anilines is 2. The van der Waals surface area contributed by atoms with Crippen LogP contribution in [0.5, 0.6) is 0 Å². The summed E-state index contributed by atoms with van der Waals surface area (Å²) in [6, 6.07) is 9.86. The summed E-state index contributed by atoms with van der Waals surface area (Å²) in [5.74, 6) is 0.0725. The predicted molar refractivity (Wildman–Crippen MR) is 125 cm³/mol. The number of rotatable bonds is 5. The number of aliphatic hydroxyl groups is 1. The van der Waals surface area contributed by atoms with Gasteiger partial charge in [-0.3, -0.25) is 0 Å². The van der Waals surface area contributed by atoms with E-state index in [9.17, 15) is 17.9 Å². The van der Waals surface area contributed by atoms with Gasteiger partial charge in [0.2, 0.25) is 5.95 Å². The molecule has 1 saturated carbocycles. The molecule has 8 heteroatoms. The van der Waals surface area contributed by atoms with E-state index in [-0.39, 0.29) is 11.2 Å². The highest BCUT2D eigenvalue weighted by molar-refractivity contribution is 7.91. The molecule has 0 bridgehead atoms. The van der Waals surface area contributed by atoms with Gasteiger partial charge in [0.1, 0.15) is 5.82 Å². The van der Waals surface area contributed by atoms with Gasteiger partial charge in [0, 0.05) is 41.2 Å². The van der Waals surface area contributed by atoms with Crippen molar-refractivity contribution in [1.29, 1.82) is 0 Å². The largest absolute Gasteiger partial charge is 0.386 e. The second-order valence-corrected chi connectivity index (χ2v) is 11.8. The Morgan fingerprint density at radius 3 is 2.42 bits per heavy atom. The quantitative estimate of drug-likeness (QED) is 0.595. The van der Waals surface area contributed by atoms with Crippen molar-refractivity contribution < 1.29 is 17.9 Å². The highest BCUT2D eigenvalue weighted by atomic mass is 32.2. The predicted octanol–water partition coefficient (Wildman–Crippen LogP) is 4.49. The second-order valence-electron chi connectivity index (χ2n) is 9.47. The first-order valence-electron chi connectivity index (χ1n) is 11.0. The summed E-state index contributed by atoms with van der Waals surface area (Å²) in [5.41, 5.74) is 2.30. The van der Waals surface area contributed by atoms with Gasteiger partial charge < -0.3 is 10.0 Å². The van der Waals surface area contributed by atoms with Crippen LogP contribution in [0, 0.1) is 5.82 Å². The molecule has 0 saturated heterocycles. The molecule has 0 amide bonds. The van der Waals surface area contributed by atoms with E-state index in [4.69, 9.17) is 0 Å². The van der Waals surface area contributed by atoms with E-state index >= 15 is 0 Å². The Kier molecular flexibility index (Phi) is 4.88. The zero-order valence-corrected chi connectivity index (χ0v) is 19.7. The van der Waals surface area contributed by atoms with Crippen molar-refractivity contribution in [3.63, 3.8) is 0 Å². The Morgan fingerprint density at radius 2 is 1.82 bits per heavy atom. The van der Waals surface area contributed by atoms with E-state index in [2.05, 4.69) is 9.97 Å². The fourth-order valence-corrected chi connectivity index (χ4v) is 5.40. The molecule has 33 heavy (non-hydrogen) atoms. The Hall–Kier alpha value is -2.84. The second kappa shape index (κ2) is 7.33. The molecule has 1 spiro atoms. The van der Waals surface area contributed by atoms with E-state index < -0.39 is 21.3 Å². The summed E-state index contributed by atoms with van der Waals surface area (Å²) in [6.07, 6.45) is 5.23. The molecule has 1 aliphatic heterocycles. The van der Waals surface area contributed by atoms with Gasteiger partial charge in [-0.2, -0.15) is 0 Å². The van der Waals surface area contributed by atoms with Gasteiger partial charge in [-0.1, -0.05) is 19.1 Å². The molecule has 0 unspecified atom stereocenters. The van der Waals surface area contributed by atoms with Crippen LogP contribution in [0.1, 0.15) is 44.7 Å². The lowest BCUT2D eigenvalue weighted by molar-refractivity contribution is 0.0786. The van der Waals surface area contributed by atoms with E-state index in [0.717, 1.165) is 24.1 Å². The number of halogens is 1. The minimum absolute atomic E-state index is 0.0268. The zero-order chi connectivity index (χ0) is 23.6. The van der Waals surface area contributed by atoms with E-state index in [1.165, 1.54) is 6.07 Å². The summed E-state index contributed by atoms with van der Waals surface area (Å²) in [5, 5.41) is 10.3. The molecular weight excluding hydrogens is 441 g/mol. The number of aromatic nitrogens is 2. The number of sulfone groups is 1. The number of benzene rings is 2. The van der Waals surface area contributed by atoms with Gasteiger partial charge in [0.15, 0.2) is 9.84 Å². The monoisotopic (exact) mass is 467 g/mol. The third-order valence-electron chi connectivity index (χ3n) is 6.75. The highest BCUT2D eigenvalue weighted by Gasteiger charge is 2.52. The van der Waals surface area contributed by atoms with Crippen LogP contribution in [-0.2, 0) is 20.9 Å². The molecule has 1 fully saturated rings. The maximum Gasteiger partial charge on any atom is 0.229 e. The maximum atomic E-state index is 14.5. The van der Waals surface area contributed by atoms with Crippen molar-refractivity contribution in [3.8, 4) is 11.1 Å². The smallest absolute Gasteiger partial charge is 0.229 e. The van der Waals surface area contributed by atoms with Crippen LogP contribution in [0.2, 0.25) is 0 Å². The SMILES string of the molecule is CCS(=O)(=O)c1ccc2c(c1)N(c1ncc(-c3cc(C(C)(C)O)ccc3F)cn1)CC21CC1. The third-order valence-corrected chi connectivity index (χ3v) is 8.48. The number of nitrogens with zero attached hydrogens (tertiary/aromatic N) is 3. The number of hydrogen-bond acceptors (Lipinski definition) is 6. The summed E-state index contributed by atoms with van der Waals surface area (Å²) < 4.78 is 39.4. The lowest BCUT2D eigenvalue weighted by Crippen LogP contribution is -2.21. The van der Waals surface area contributed by atoms with Gasteiger partial charge in [0.05, 0.1) is 16.2 Å². The van der Waals surface area contributed by atoms with E-state index in [1.54, 1.807) is 57.4 Å². The van der Waals surface area contributed by atoms with Crippen molar-refractivity contribution in [2.75, 3.05) is 17.2 Å². The molecule has 3 aromatic rings. The first kappa shape index (κ1) is 22.0. The van der Waals surface area contributed by atoms with Crippen LogP contribution in [0.15, 0.2) is 53.7 Å². The average Bonchev–Trinajstić information content (AvgIpc) is 3.50. The van der Waals surface area contributed by atoms with E-state index in [0.29, 0.717) is 34.1 Å². The van der Waals surface area contributed by atoms with Crippen LogP contribution in [0.25, 0.3) is 11.1 Å². The molecule has 0 radical (unpaired) electrons. The van der Waals surface area contributed by atoms with Crippen molar-refractivity contribution in [1.82, 2.24) is 9.97 Å². The summed E-state index contributed by atoms with van der Waals surface area (Å²) in [4.78, 5) is 11.3. The van der Waals surface area contributed by atoms with Gasteiger partial charge in [-0.15, -0.1) is 0 Å².